The normalized spacial score (nSPS) is 33.4. The quantitative estimate of drug-likeness (QED) is 0.486. The molecule has 0 bridgehead atoms. The summed E-state index contributed by atoms with van der Waals surface area (Å²) in [6.45, 7) is 4.54. The van der Waals surface area contributed by atoms with E-state index in [0.717, 1.165) is 25.7 Å². The number of aliphatic hydroxyl groups is 1. The first-order valence-electron chi connectivity index (χ1n) is 5.13. The zero-order chi connectivity index (χ0) is 9.95. The van der Waals surface area contributed by atoms with E-state index in [1.54, 1.807) is 0 Å². The average Bonchev–Trinajstić information content (AvgIpc) is 2.13. The fourth-order valence-corrected chi connectivity index (χ4v) is 2.08. The molecule has 0 heterocycles. The summed E-state index contributed by atoms with van der Waals surface area (Å²) in [6, 6.07) is 0. The van der Waals surface area contributed by atoms with Crippen LogP contribution in [0.5, 0.6) is 0 Å². The van der Waals surface area contributed by atoms with Gasteiger partial charge < -0.3 is 5.11 Å². The Morgan fingerprint density at radius 3 is 2.54 bits per heavy atom. The standard InChI is InChI=1S/C12H20O/c1-4-6-12(13)8-5-7-11(2,3)9-10-12/h1,13H,5-10H2,2-3H3. The van der Waals surface area contributed by atoms with Crippen LogP contribution in [0.4, 0.5) is 0 Å². The van der Waals surface area contributed by atoms with Gasteiger partial charge in [-0.2, -0.15) is 0 Å². The summed E-state index contributed by atoms with van der Waals surface area (Å²) in [6.07, 6.45) is 10.9. The van der Waals surface area contributed by atoms with Crippen LogP contribution in [0.1, 0.15) is 52.4 Å². The van der Waals surface area contributed by atoms with Crippen molar-refractivity contribution in [2.45, 2.75) is 58.0 Å². The monoisotopic (exact) mass is 180 g/mol. The molecular formula is C12H20O. The topological polar surface area (TPSA) is 20.2 Å². The van der Waals surface area contributed by atoms with Gasteiger partial charge in [-0.05, 0) is 31.1 Å². The second-order valence-corrected chi connectivity index (χ2v) is 5.12. The van der Waals surface area contributed by atoms with Gasteiger partial charge in [-0.3, -0.25) is 0 Å². The van der Waals surface area contributed by atoms with Crippen LogP contribution in [-0.2, 0) is 0 Å². The third-order valence-electron chi connectivity index (χ3n) is 3.19. The summed E-state index contributed by atoms with van der Waals surface area (Å²) >= 11 is 0. The highest BCUT2D eigenvalue weighted by atomic mass is 16.3. The van der Waals surface area contributed by atoms with Gasteiger partial charge in [-0.15, -0.1) is 12.3 Å². The first-order chi connectivity index (χ1) is 5.97. The first kappa shape index (κ1) is 10.6. The number of hydrogen-bond acceptors (Lipinski definition) is 1. The highest BCUT2D eigenvalue weighted by Crippen LogP contribution is 2.39. The molecule has 1 saturated carbocycles. The highest BCUT2D eigenvalue weighted by Gasteiger charge is 2.32. The molecule has 1 heteroatoms. The van der Waals surface area contributed by atoms with Crippen molar-refractivity contribution in [1.29, 1.82) is 0 Å². The molecule has 1 aliphatic rings. The van der Waals surface area contributed by atoms with Crippen molar-refractivity contribution in [3.05, 3.63) is 0 Å². The lowest BCUT2D eigenvalue weighted by Gasteiger charge is -2.25. The Bertz CT molecular complexity index is 212. The van der Waals surface area contributed by atoms with E-state index in [2.05, 4.69) is 19.8 Å². The zero-order valence-electron chi connectivity index (χ0n) is 8.77. The van der Waals surface area contributed by atoms with Crippen molar-refractivity contribution in [3.63, 3.8) is 0 Å². The van der Waals surface area contributed by atoms with Crippen LogP contribution >= 0.6 is 0 Å². The second kappa shape index (κ2) is 3.72. The average molecular weight is 180 g/mol. The molecule has 1 fully saturated rings. The summed E-state index contributed by atoms with van der Waals surface area (Å²) < 4.78 is 0. The molecule has 1 nitrogen and oxygen atoms in total. The third kappa shape index (κ3) is 3.04. The zero-order valence-corrected chi connectivity index (χ0v) is 8.77. The molecule has 1 rings (SSSR count). The maximum absolute atomic E-state index is 10.1. The van der Waals surface area contributed by atoms with Crippen LogP contribution in [-0.4, -0.2) is 10.7 Å². The van der Waals surface area contributed by atoms with Gasteiger partial charge in [0.05, 0.1) is 5.60 Å². The molecule has 1 N–H and O–H groups in total. The molecule has 0 radical (unpaired) electrons. The van der Waals surface area contributed by atoms with Gasteiger partial charge in [-0.25, -0.2) is 0 Å². The molecule has 0 saturated heterocycles. The molecule has 74 valence electrons. The lowest BCUT2D eigenvalue weighted by atomic mass is 9.84. The lowest BCUT2D eigenvalue weighted by molar-refractivity contribution is 0.0273. The van der Waals surface area contributed by atoms with Crippen molar-refractivity contribution < 1.29 is 5.11 Å². The van der Waals surface area contributed by atoms with E-state index in [9.17, 15) is 5.11 Å². The number of rotatable bonds is 1. The van der Waals surface area contributed by atoms with Crippen LogP contribution < -0.4 is 0 Å². The minimum atomic E-state index is -0.567. The summed E-state index contributed by atoms with van der Waals surface area (Å²) in [5.41, 5.74) is -0.179. The van der Waals surface area contributed by atoms with Gasteiger partial charge >= 0.3 is 0 Å². The lowest BCUT2D eigenvalue weighted by Crippen LogP contribution is -2.27. The van der Waals surface area contributed by atoms with Gasteiger partial charge in [0.1, 0.15) is 0 Å². The number of hydrogen-bond donors (Lipinski definition) is 1. The van der Waals surface area contributed by atoms with E-state index < -0.39 is 5.60 Å². The Morgan fingerprint density at radius 2 is 1.92 bits per heavy atom. The van der Waals surface area contributed by atoms with Crippen LogP contribution in [0, 0.1) is 17.8 Å². The third-order valence-corrected chi connectivity index (χ3v) is 3.19. The van der Waals surface area contributed by atoms with Crippen LogP contribution in [0.2, 0.25) is 0 Å². The molecule has 0 aromatic rings. The molecule has 0 aliphatic heterocycles. The minimum absolute atomic E-state index is 0.388. The van der Waals surface area contributed by atoms with Gasteiger partial charge in [0.15, 0.2) is 0 Å². The molecule has 0 aromatic carbocycles. The predicted molar refractivity (Wildman–Crippen MR) is 55.3 cm³/mol. The second-order valence-electron chi connectivity index (χ2n) is 5.12. The van der Waals surface area contributed by atoms with E-state index in [4.69, 9.17) is 6.42 Å². The fourth-order valence-electron chi connectivity index (χ4n) is 2.08. The van der Waals surface area contributed by atoms with E-state index >= 15 is 0 Å². The van der Waals surface area contributed by atoms with Crippen molar-refractivity contribution in [2.75, 3.05) is 0 Å². The van der Waals surface area contributed by atoms with Crippen molar-refractivity contribution in [3.8, 4) is 12.3 Å². The van der Waals surface area contributed by atoms with Crippen molar-refractivity contribution >= 4 is 0 Å². The Morgan fingerprint density at radius 1 is 1.23 bits per heavy atom. The molecule has 1 aliphatic carbocycles. The summed E-state index contributed by atoms with van der Waals surface area (Å²) in [5, 5.41) is 10.1. The van der Waals surface area contributed by atoms with Gasteiger partial charge in [0, 0.05) is 6.42 Å². The molecule has 0 aromatic heterocycles. The highest BCUT2D eigenvalue weighted by molar-refractivity contribution is 4.97. The van der Waals surface area contributed by atoms with Gasteiger partial charge in [0.2, 0.25) is 0 Å². The molecular weight excluding hydrogens is 160 g/mol. The summed E-state index contributed by atoms with van der Waals surface area (Å²) in [7, 11) is 0. The molecule has 0 amide bonds. The minimum Gasteiger partial charge on any atom is -0.389 e. The Hall–Kier alpha value is -0.480. The Balaban J connectivity index is 2.59. The number of terminal acetylenes is 1. The molecule has 0 spiro atoms. The smallest absolute Gasteiger partial charge is 0.0756 e. The van der Waals surface area contributed by atoms with Gasteiger partial charge in [0.25, 0.3) is 0 Å². The van der Waals surface area contributed by atoms with E-state index in [-0.39, 0.29) is 0 Å². The molecule has 1 unspecified atom stereocenters. The van der Waals surface area contributed by atoms with E-state index in [1.165, 1.54) is 6.42 Å². The SMILES string of the molecule is C#CCC1(O)CCCC(C)(C)CC1. The predicted octanol–water partition coefficient (Wildman–Crippen LogP) is 2.73. The molecule has 13 heavy (non-hydrogen) atoms. The maximum Gasteiger partial charge on any atom is 0.0756 e. The largest absolute Gasteiger partial charge is 0.389 e. The summed E-state index contributed by atoms with van der Waals surface area (Å²) in [4.78, 5) is 0. The van der Waals surface area contributed by atoms with E-state index in [0.29, 0.717) is 11.8 Å². The van der Waals surface area contributed by atoms with Crippen LogP contribution in [0.15, 0.2) is 0 Å². The maximum atomic E-state index is 10.1. The summed E-state index contributed by atoms with van der Waals surface area (Å²) in [5.74, 6) is 2.58. The van der Waals surface area contributed by atoms with Crippen molar-refractivity contribution in [1.82, 2.24) is 0 Å². The first-order valence-corrected chi connectivity index (χ1v) is 5.13. The van der Waals surface area contributed by atoms with Crippen LogP contribution in [0.25, 0.3) is 0 Å². The van der Waals surface area contributed by atoms with E-state index in [1.807, 2.05) is 0 Å². The molecule has 1 atom stereocenters. The fraction of sp³-hybridized carbons (Fsp3) is 0.833. The van der Waals surface area contributed by atoms with Crippen molar-refractivity contribution in [2.24, 2.45) is 5.41 Å². The Labute approximate surface area is 81.5 Å². The Kier molecular flexibility index (Phi) is 3.03. The van der Waals surface area contributed by atoms with Gasteiger partial charge in [-0.1, -0.05) is 20.3 Å². The van der Waals surface area contributed by atoms with Crippen LogP contribution in [0.3, 0.4) is 0 Å².